The Bertz CT molecular complexity index is 968. The van der Waals surface area contributed by atoms with E-state index in [9.17, 15) is 4.79 Å². The molecule has 130 valence electrons. The predicted octanol–water partition coefficient (Wildman–Crippen LogP) is 4.92. The van der Waals surface area contributed by atoms with Crippen LogP contribution in [0, 0.1) is 0 Å². The molecule has 0 aliphatic rings. The zero-order chi connectivity index (χ0) is 17.9. The molecule has 0 aliphatic carbocycles. The average molecular weight is 366 g/mol. The molecule has 0 saturated carbocycles. The molecule has 1 aromatic carbocycles. The van der Waals surface area contributed by atoms with Crippen LogP contribution in [0.5, 0.6) is 5.75 Å². The predicted molar refractivity (Wildman–Crippen MR) is 98.5 cm³/mol. The summed E-state index contributed by atoms with van der Waals surface area (Å²) in [6, 6.07) is 14.3. The molecule has 0 unspecified atom stereocenters. The Morgan fingerprint density at radius 1 is 1.04 bits per heavy atom. The fraction of sp³-hybridized carbons (Fsp3) is 0.0526. The van der Waals surface area contributed by atoms with Gasteiger partial charge in [-0.05, 0) is 36.4 Å². The highest BCUT2D eigenvalue weighted by Gasteiger charge is 2.21. The lowest BCUT2D eigenvalue weighted by Crippen LogP contribution is -2.12. The molecule has 0 spiro atoms. The van der Waals surface area contributed by atoms with Gasteiger partial charge in [-0.2, -0.15) is 0 Å². The smallest absolute Gasteiger partial charge is 0.261 e. The Morgan fingerprint density at radius 2 is 1.77 bits per heavy atom. The molecule has 0 atom stereocenters. The summed E-state index contributed by atoms with van der Waals surface area (Å²) < 4.78 is 16.2. The van der Waals surface area contributed by atoms with Crippen molar-refractivity contribution >= 4 is 22.4 Å². The van der Waals surface area contributed by atoms with Crippen LogP contribution in [0.1, 0.15) is 10.4 Å². The van der Waals surface area contributed by atoms with E-state index < -0.39 is 0 Å². The molecular weight excluding hydrogens is 352 g/mol. The second-order valence-electron chi connectivity index (χ2n) is 5.31. The molecule has 0 radical (unpaired) electrons. The quantitative estimate of drug-likeness (QED) is 0.542. The summed E-state index contributed by atoms with van der Waals surface area (Å²) in [5.41, 5.74) is 1.05. The van der Waals surface area contributed by atoms with Crippen molar-refractivity contribution < 1.29 is 18.4 Å². The van der Waals surface area contributed by atoms with Gasteiger partial charge >= 0.3 is 0 Å². The van der Waals surface area contributed by atoms with Crippen LogP contribution in [0.15, 0.2) is 69.9 Å². The fourth-order valence-corrected chi connectivity index (χ4v) is 3.46. The number of anilines is 1. The molecular formula is C19H14N2O4S. The van der Waals surface area contributed by atoms with Crippen molar-refractivity contribution in [2.75, 3.05) is 12.4 Å². The molecule has 6 nitrogen and oxygen atoms in total. The number of furan rings is 2. The zero-order valence-electron chi connectivity index (χ0n) is 13.8. The van der Waals surface area contributed by atoms with Gasteiger partial charge in [-0.25, -0.2) is 4.98 Å². The summed E-state index contributed by atoms with van der Waals surface area (Å²) in [7, 11) is 1.53. The Kier molecular flexibility index (Phi) is 4.28. The number of hydrogen-bond acceptors (Lipinski definition) is 6. The molecule has 1 amide bonds. The molecule has 3 aromatic heterocycles. The van der Waals surface area contributed by atoms with Gasteiger partial charge in [0.15, 0.2) is 10.9 Å². The van der Waals surface area contributed by atoms with E-state index in [1.54, 1.807) is 42.9 Å². The number of amides is 1. The van der Waals surface area contributed by atoms with E-state index in [4.69, 9.17) is 13.6 Å². The molecule has 1 N–H and O–H groups in total. The van der Waals surface area contributed by atoms with Crippen molar-refractivity contribution in [3.63, 3.8) is 0 Å². The van der Waals surface area contributed by atoms with Gasteiger partial charge in [0.25, 0.3) is 5.91 Å². The molecule has 3 heterocycles. The minimum absolute atomic E-state index is 0.298. The number of thiazole rings is 1. The van der Waals surface area contributed by atoms with Crippen molar-refractivity contribution in [3.8, 4) is 27.8 Å². The topological polar surface area (TPSA) is 77.5 Å². The van der Waals surface area contributed by atoms with Gasteiger partial charge < -0.3 is 13.6 Å². The average Bonchev–Trinajstić information content (AvgIpc) is 3.41. The lowest BCUT2D eigenvalue weighted by molar-refractivity contribution is 0.102. The summed E-state index contributed by atoms with van der Waals surface area (Å²) in [6.45, 7) is 0. The fourth-order valence-electron chi connectivity index (χ4n) is 2.53. The number of nitrogens with one attached hydrogen (secondary N) is 1. The van der Waals surface area contributed by atoms with Crippen molar-refractivity contribution in [2.45, 2.75) is 0 Å². The second kappa shape index (κ2) is 6.89. The molecule has 4 rings (SSSR count). The van der Waals surface area contributed by atoms with Gasteiger partial charge in [-0.15, -0.1) is 0 Å². The van der Waals surface area contributed by atoms with Crippen molar-refractivity contribution in [3.05, 3.63) is 66.6 Å². The third kappa shape index (κ3) is 3.00. The maximum Gasteiger partial charge on any atom is 0.261 e. The van der Waals surface area contributed by atoms with Gasteiger partial charge in [0, 0.05) is 0 Å². The molecule has 0 aliphatic heterocycles. The Morgan fingerprint density at radius 3 is 2.46 bits per heavy atom. The third-order valence-corrected chi connectivity index (χ3v) is 4.68. The van der Waals surface area contributed by atoms with Crippen molar-refractivity contribution in [2.24, 2.45) is 0 Å². The second-order valence-corrected chi connectivity index (χ2v) is 6.30. The summed E-state index contributed by atoms with van der Waals surface area (Å²) in [6.07, 6.45) is 3.17. The van der Waals surface area contributed by atoms with Crippen LogP contribution in [-0.4, -0.2) is 18.0 Å². The number of methoxy groups -OCH3 is 1. The van der Waals surface area contributed by atoms with E-state index in [1.165, 1.54) is 18.4 Å². The number of para-hydroxylation sites is 1. The third-order valence-electron chi connectivity index (χ3n) is 3.70. The van der Waals surface area contributed by atoms with Crippen LogP contribution in [0.25, 0.3) is 22.1 Å². The SMILES string of the molecule is COc1ccccc1C(=O)Nc1nc(-c2ccco2)c(-c2ccco2)s1. The van der Waals surface area contributed by atoms with Crippen LogP contribution in [0.4, 0.5) is 5.13 Å². The van der Waals surface area contributed by atoms with Crippen LogP contribution >= 0.6 is 11.3 Å². The number of carbonyl (C=O) groups excluding carboxylic acids is 1. The van der Waals surface area contributed by atoms with Gasteiger partial charge in [-0.1, -0.05) is 23.5 Å². The Labute approximate surface area is 153 Å². The van der Waals surface area contributed by atoms with Gasteiger partial charge in [-0.3, -0.25) is 10.1 Å². The highest BCUT2D eigenvalue weighted by Crippen LogP contribution is 2.39. The first-order valence-corrected chi connectivity index (χ1v) is 8.61. The summed E-state index contributed by atoms with van der Waals surface area (Å²) in [5, 5.41) is 3.27. The van der Waals surface area contributed by atoms with Gasteiger partial charge in [0.05, 0.1) is 25.2 Å². The molecule has 0 fully saturated rings. The first-order chi connectivity index (χ1) is 12.8. The maximum atomic E-state index is 12.6. The van der Waals surface area contributed by atoms with E-state index in [2.05, 4.69) is 10.3 Å². The van der Waals surface area contributed by atoms with Crippen LogP contribution in [-0.2, 0) is 0 Å². The van der Waals surface area contributed by atoms with Crippen molar-refractivity contribution in [1.29, 1.82) is 0 Å². The number of hydrogen-bond donors (Lipinski definition) is 1. The maximum absolute atomic E-state index is 12.6. The number of benzene rings is 1. The first-order valence-electron chi connectivity index (χ1n) is 7.79. The standard InChI is InChI=1S/C19H14N2O4S/c1-23-13-7-3-2-6-12(13)18(22)21-19-20-16(14-8-4-10-24-14)17(26-19)15-9-5-11-25-15/h2-11H,1H3,(H,20,21,22). The minimum atomic E-state index is -0.298. The number of nitrogens with zero attached hydrogens (tertiary/aromatic N) is 1. The summed E-state index contributed by atoms with van der Waals surface area (Å²) in [4.78, 5) is 17.9. The highest BCUT2D eigenvalue weighted by atomic mass is 32.1. The molecule has 26 heavy (non-hydrogen) atoms. The molecule has 4 aromatic rings. The van der Waals surface area contributed by atoms with Gasteiger partial charge in [0.1, 0.15) is 22.1 Å². The van der Waals surface area contributed by atoms with E-state index >= 15 is 0 Å². The minimum Gasteiger partial charge on any atom is -0.496 e. The van der Waals surface area contributed by atoms with E-state index in [-0.39, 0.29) is 5.91 Å². The Balaban J connectivity index is 1.69. The highest BCUT2D eigenvalue weighted by molar-refractivity contribution is 7.19. The summed E-state index contributed by atoms with van der Waals surface area (Å²) in [5.74, 6) is 1.46. The summed E-state index contributed by atoms with van der Waals surface area (Å²) >= 11 is 1.31. The molecule has 0 saturated heterocycles. The van der Waals surface area contributed by atoms with Gasteiger partial charge in [0.2, 0.25) is 0 Å². The number of ether oxygens (including phenoxy) is 1. The lowest BCUT2D eigenvalue weighted by Gasteiger charge is -2.06. The Hall–Kier alpha value is -3.32. The monoisotopic (exact) mass is 366 g/mol. The van der Waals surface area contributed by atoms with E-state index in [0.29, 0.717) is 33.7 Å². The zero-order valence-corrected chi connectivity index (χ0v) is 14.6. The largest absolute Gasteiger partial charge is 0.496 e. The first kappa shape index (κ1) is 16.2. The van der Waals surface area contributed by atoms with Crippen LogP contribution in [0.3, 0.4) is 0 Å². The lowest BCUT2D eigenvalue weighted by atomic mass is 10.2. The number of aromatic nitrogens is 1. The molecule has 7 heteroatoms. The van der Waals surface area contributed by atoms with Crippen molar-refractivity contribution in [1.82, 2.24) is 4.98 Å². The number of rotatable bonds is 5. The van der Waals surface area contributed by atoms with Crippen LogP contribution in [0.2, 0.25) is 0 Å². The van der Waals surface area contributed by atoms with E-state index in [1.807, 2.05) is 18.2 Å². The number of carbonyl (C=O) groups is 1. The molecule has 0 bridgehead atoms. The normalized spacial score (nSPS) is 10.7. The van der Waals surface area contributed by atoms with Crippen LogP contribution < -0.4 is 10.1 Å². The van der Waals surface area contributed by atoms with E-state index in [0.717, 1.165) is 4.88 Å².